The zero-order valence-corrected chi connectivity index (χ0v) is 9.24. The van der Waals surface area contributed by atoms with E-state index in [1.165, 1.54) is 20.1 Å². The molecule has 5 nitrogen and oxygen atoms in total. The first-order chi connectivity index (χ1) is 8.02. The molecule has 1 aliphatic heterocycles. The third kappa shape index (κ3) is 1.93. The van der Waals surface area contributed by atoms with Gasteiger partial charge in [0.25, 0.3) is 5.91 Å². The standard InChI is InChI=1S/C11H10FNO4/c1-5-10(14)13-8-4-6(11(15)16-2)3-7(12)9(8)17-5/h3-5H,1-2H3,(H,13,14). The van der Waals surface area contributed by atoms with E-state index in [2.05, 4.69) is 10.1 Å². The number of esters is 1. The molecule has 0 bridgehead atoms. The van der Waals surface area contributed by atoms with Gasteiger partial charge in [0.1, 0.15) is 0 Å². The topological polar surface area (TPSA) is 64.6 Å². The highest BCUT2D eigenvalue weighted by atomic mass is 19.1. The molecule has 1 aliphatic rings. The van der Waals surface area contributed by atoms with E-state index in [0.29, 0.717) is 0 Å². The van der Waals surface area contributed by atoms with Gasteiger partial charge in [0, 0.05) is 0 Å². The number of carbonyl (C=O) groups is 2. The van der Waals surface area contributed by atoms with Gasteiger partial charge in [0.2, 0.25) is 0 Å². The number of ether oxygens (including phenoxy) is 2. The van der Waals surface area contributed by atoms with E-state index in [1.807, 2.05) is 0 Å². The maximum atomic E-state index is 13.6. The molecule has 1 unspecified atom stereocenters. The van der Waals surface area contributed by atoms with Crippen molar-refractivity contribution in [3.63, 3.8) is 0 Å². The fourth-order valence-electron chi connectivity index (χ4n) is 1.51. The van der Waals surface area contributed by atoms with Gasteiger partial charge in [0.05, 0.1) is 18.4 Å². The highest BCUT2D eigenvalue weighted by Crippen LogP contribution is 2.33. The second-order valence-electron chi connectivity index (χ2n) is 3.58. The second kappa shape index (κ2) is 4.04. The zero-order valence-electron chi connectivity index (χ0n) is 9.24. The van der Waals surface area contributed by atoms with E-state index in [9.17, 15) is 14.0 Å². The Morgan fingerprint density at radius 2 is 2.24 bits per heavy atom. The van der Waals surface area contributed by atoms with Crippen molar-refractivity contribution in [2.24, 2.45) is 0 Å². The number of methoxy groups -OCH3 is 1. The summed E-state index contributed by atoms with van der Waals surface area (Å²) in [6, 6.07) is 2.32. The van der Waals surface area contributed by atoms with Crippen LogP contribution < -0.4 is 10.1 Å². The molecule has 0 radical (unpaired) electrons. The normalized spacial score (nSPS) is 17.8. The Bertz CT molecular complexity index is 500. The number of carbonyl (C=O) groups excluding carboxylic acids is 2. The van der Waals surface area contributed by atoms with Gasteiger partial charge in [-0.15, -0.1) is 0 Å². The van der Waals surface area contributed by atoms with Gasteiger partial charge in [0.15, 0.2) is 17.7 Å². The summed E-state index contributed by atoms with van der Waals surface area (Å²) in [6.45, 7) is 1.51. The lowest BCUT2D eigenvalue weighted by Gasteiger charge is -2.23. The number of halogens is 1. The average molecular weight is 239 g/mol. The van der Waals surface area contributed by atoms with Crippen LogP contribution in [-0.2, 0) is 9.53 Å². The van der Waals surface area contributed by atoms with E-state index < -0.39 is 17.9 Å². The molecule has 1 N–H and O–H groups in total. The number of nitrogens with one attached hydrogen (secondary N) is 1. The van der Waals surface area contributed by atoms with Crippen molar-refractivity contribution in [2.45, 2.75) is 13.0 Å². The Hall–Kier alpha value is -2.11. The first-order valence-electron chi connectivity index (χ1n) is 4.92. The Kier molecular flexibility index (Phi) is 2.71. The summed E-state index contributed by atoms with van der Waals surface area (Å²) in [7, 11) is 1.19. The van der Waals surface area contributed by atoms with Gasteiger partial charge in [-0.1, -0.05) is 0 Å². The fraction of sp³-hybridized carbons (Fsp3) is 0.273. The molecular formula is C11H10FNO4. The van der Waals surface area contributed by atoms with E-state index in [4.69, 9.17) is 4.74 Å². The van der Waals surface area contributed by atoms with Crippen molar-refractivity contribution in [3.05, 3.63) is 23.5 Å². The number of hydrogen-bond donors (Lipinski definition) is 1. The van der Waals surface area contributed by atoms with Crippen LogP contribution in [0.1, 0.15) is 17.3 Å². The van der Waals surface area contributed by atoms with E-state index in [-0.39, 0.29) is 22.9 Å². The molecule has 1 heterocycles. The SMILES string of the molecule is COC(=O)c1cc(F)c2c(c1)NC(=O)C(C)O2. The minimum absolute atomic E-state index is 0.0159. The largest absolute Gasteiger partial charge is 0.476 e. The Labute approximate surface area is 96.5 Å². The maximum Gasteiger partial charge on any atom is 0.338 e. The Balaban J connectivity index is 2.47. The number of benzene rings is 1. The van der Waals surface area contributed by atoms with Crippen LogP contribution in [0.3, 0.4) is 0 Å². The third-order valence-electron chi connectivity index (χ3n) is 2.39. The van der Waals surface area contributed by atoms with E-state index in [1.54, 1.807) is 0 Å². The average Bonchev–Trinajstić information content (AvgIpc) is 2.30. The van der Waals surface area contributed by atoms with Crippen molar-refractivity contribution in [1.82, 2.24) is 0 Å². The first kappa shape index (κ1) is 11.4. The van der Waals surface area contributed by atoms with Crippen LogP contribution >= 0.6 is 0 Å². The quantitative estimate of drug-likeness (QED) is 0.751. The van der Waals surface area contributed by atoms with Crippen molar-refractivity contribution < 1.29 is 23.5 Å². The van der Waals surface area contributed by atoms with Crippen LogP contribution in [-0.4, -0.2) is 25.1 Å². The Morgan fingerprint density at radius 1 is 1.53 bits per heavy atom. The van der Waals surface area contributed by atoms with E-state index >= 15 is 0 Å². The minimum atomic E-state index is -0.763. The van der Waals surface area contributed by atoms with Gasteiger partial charge in [-0.3, -0.25) is 4.79 Å². The number of rotatable bonds is 1. The molecule has 2 rings (SSSR count). The van der Waals surface area contributed by atoms with Crippen LogP contribution in [0.2, 0.25) is 0 Å². The molecule has 0 saturated carbocycles. The molecule has 1 amide bonds. The summed E-state index contributed by atoms with van der Waals surface area (Å²) < 4.78 is 23.2. The predicted molar refractivity (Wildman–Crippen MR) is 56.5 cm³/mol. The van der Waals surface area contributed by atoms with Crippen LogP contribution in [0.4, 0.5) is 10.1 Å². The Morgan fingerprint density at radius 3 is 2.88 bits per heavy atom. The first-order valence-corrected chi connectivity index (χ1v) is 4.92. The van der Waals surface area contributed by atoms with Crippen molar-refractivity contribution in [2.75, 3.05) is 12.4 Å². The number of amides is 1. The maximum absolute atomic E-state index is 13.6. The molecule has 90 valence electrons. The molecule has 0 spiro atoms. The summed E-state index contributed by atoms with van der Waals surface area (Å²) in [6.07, 6.45) is -0.763. The van der Waals surface area contributed by atoms with Gasteiger partial charge in [-0.2, -0.15) is 0 Å². The summed E-state index contributed by atoms with van der Waals surface area (Å²) in [5, 5.41) is 2.46. The molecule has 0 saturated heterocycles. The van der Waals surface area contributed by atoms with Gasteiger partial charge in [-0.05, 0) is 19.1 Å². The van der Waals surface area contributed by atoms with Crippen LogP contribution in [0, 0.1) is 5.82 Å². The predicted octanol–water partition coefficient (Wildman–Crippen LogP) is 1.33. The molecule has 1 aromatic rings. The van der Waals surface area contributed by atoms with Crippen molar-refractivity contribution >= 4 is 17.6 Å². The lowest BCUT2D eigenvalue weighted by molar-refractivity contribution is -0.122. The molecule has 0 aliphatic carbocycles. The smallest absolute Gasteiger partial charge is 0.338 e. The molecule has 0 fully saturated rings. The van der Waals surface area contributed by atoms with Crippen LogP contribution in [0.25, 0.3) is 0 Å². The highest BCUT2D eigenvalue weighted by Gasteiger charge is 2.27. The summed E-state index contributed by atoms with van der Waals surface area (Å²) >= 11 is 0. The van der Waals surface area contributed by atoms with Crippen LogP contribution in [0.15, 0.2) is 12.1 Å². The molecular weight excluding hydrogens is 229 g/mol. The second-order valence-corrected chi connectivity index (χ2v) is 3.58. The number of anilines is 1. The summed E-state index contributed by atoms with van der Waals surface area (Å²) in [5.74, 6) is -1.85. The fourth-order valence-corrected chi connectivity index (χ4v) is 1.51. The van der Waals surface area contributed by atoms with E-state index in [0.717, 1.165) is 6.07 Å². The van der Waals surface area contributed by atoms with Gasteiger partial charge >= 0.3 is 5.97 Å². The van der Waals surface area contributed by atoms with Crippen LogP contribution in [0.5, 0.6) is 5.75 Å². The zero-order chi connectivity index (χ0) is 12.6. The lowest BCUT2D eigenvalue weighted by Crippen LogP contribution is -2.35. The highest BCUT2D eigenvalue weighted by molar-refractivity contribution is 5.99. The molecule has 0 aromatic heterocycles. The number of hydrogen-bond acceptors (Lipinski definition) is 4. The molecule has 17 heavy (non-hydrogen) atoms. The minimum Gasteiger partial charge on any atom is -0.476 e. The summed E-state index contributed by atoms with van der Waals surface area (Å²) in [4.78, 5) is 22.6. The lowest BCUT2D eigenvalue weighted by atomic mass is 10.1. The molecule has 1 aromatic carbocycles. The van der Waals surface area contributed by atoms with Crippen molar-refractivity contribution in [3.8, 4) is 5.75 Å². The molecule has 6 heteroatoms. The van der Waals surface area contributed by atoms with Gasteiger partial charge in [-0.25, -0.2) is 9.18 Å². The number of fused-ring (bicyclic) bond motifs is 1. The summed E-state index contributed by atoms with van der Waals surface area (Å²) in [5.41, 5.74) is 0.149. The third-order valence-corrected chi connectivity index (χ3v) is 2.39. The monoisotopic (exact) mass is 239 g/mol. The van der Waals surface area contributed by atoms with Gasteiger partial charge < -0.3 is 14.8 Å². The molecule has 1 atom stereocenters. The van der Waals surface area contributed by atoms with Crippen molar-refractivity contribution in [1.29, 1.82) is 0 Å².